The Labute approximate surface area is 171 Å². The number of rotatable bonds is 7. The maximum Gasteiger partial charge on any atom is 0.413 e. The Hall–Kier alpha value is -2.88. The molecule has 1 aromatic heterocycles. The van der Waals surface area contributed by atoms with Crippen LogP contribution in [-0.2, 0) is 20.8 Å². The summed E-state index contributed by atoms with van der Waals surface area (Å²) in [5, 5.41) is 2.08. The molecule has 0 unspecified atom stereocenters. The van der Waals surface area contributed by atoms with Crippen LogP contribution in [0.1, 0.15) is 37.0 Å². The SMILES string of the molecule is CCCCn1c(S[C@@H](C)C(=O)NC(=O)OC)nc2cc(C(=O)OC)ccc2c1=O. The van der Waals surface area contributed by atoms with Crippen LogP contribution in [0.15, 0.2) is 28.2 Å². The molecule has 2 aromatic rings. The number of carbonyl (C=O) groups excluding carboxylic acids is 3. The molecule has 0 spiro atoms. The largest absolute Gasteiger partial charge is 0.465 e. The lowest BCUT2D eigenvalue weighted by molar-refractivity contribution is -0.119. The number of hydrogen-bond donors (Lipinski definition) is 1. The minimum absolute atomic E-state index is 0.261. The second kappa shape index (κ2) is 10.1. The van der Waals surface area contributed by atoms with Crippen molar-refractivity contribution < 1.29 is 23.9 Å². The van der Waals surface area contributed by atoms with Crippen molar-refractivity contribution in [2.24, 2.45) is 0 Å². The highest BCUT2D eigenvalue weighted by Crippen LogP contribution is 2.23. The first-order valence-corrected chi connectivity index (χ1v) is 9.88. The summed E-state index contributed by atoms with van der Waals surface area (Å²) < 4.78 is 10.7. The predicted molar refractivity (Wildman–Crippen MR) is 108 cm³/mol. The first-order chi connectivity index (χ1) is 13.8. The third kappa shape index (κ3) is 5.35. The number of nitrogens with zero attached hydrogens (tertiary/aromatic N) is 2. The minimum Gasteiger partial charge on any atom is -0.465 e. The van der Waals surface area contributed by atoms with Gasteiger partial charge in [-0.2, -0.15) is 0 Å². The summed E-state index contributed by atoms with van der Waals surface area (Å²) in [7, 11) is 2.43. The van der Waals surface area contributed by atoms with Crippen LogP contribution in [0.3, 0.4) is 0 Å². The van der Waals surface area contributed by atoms with Crippen LogP contribution in [-0.4, -0.2) is 47.0 Å². The van der Waals surface area contributed by atoms with E-state index < -0.39 is 23.2 Å². The predicted octanol–water partition coefficient (Wildman–Crippen LogP) is 2.35. The molecule has 9 nitrogen and oxygen atoms in total. The number of imide groups is 1. The van der Waals surface area contributed by atoms with Gasteiger partial charge >= 0.3 is 12.1 Å². The topological polar surface area (TPSA) is 117 Å². The monoisotopic (exact) mass is 421 g/mol. The average Bonchev–Trinajstić information content (AvgIpc) is 2.72. The number of nitrogens with one attached hydrogen (secondary N) is 1. The summed E-state index contributed by atoms with van der Waals surface area (Å²) in [5.41, 5.74) is 0.335. The third-order valence-corrected chi connectivity index (χ3v) is 5.23. The molecule has 29 heavy (non-hydrogen) atoms. The van der Waals surface area contributed by atoms with Gasteiger partial charge in [-0.05, 0) is 31.5 Å². The maximum atomic E-state index is 13.0. The molecule has 0 aliphatic heterocycles. The van der Waals surface area contributed by atoms with Gasteiger partial charge in [0.2, 0.25) is 5.91 Å². The summed E-state index contributed by atoms with van der Waals surface area (Å²) in [5.74, 6) is -1.11. The van der Waals surface area contributed by atoms with Crippen molar-refractivity contribution in [2.75, 3.05) is 14.2 Å². The molecule has 1 aromatic carbocycles. The normalized spacial score (nSPS) is 11.7. The number of carbonyl (C=O) groups is 3. The molecule has 0 bridgehead atoms. The van der Waals surface area contributed by atoms with Crippen molar-refractivity contribution in [3.05, 3.63) is 34.1 Å². The standard InChI is InChI=1S/C19H23N3O6S/c1-5-6-9-22-16(24)13-8-7-12(17(25)27-3)10-14(13)20-18(22)29-11(2)15(23)21-19(26)28-4/h7-8,10-11H,5-6,9H2,1-4H3,(H,21,23,26)/t11-/m0/s1. The number of amides is 2. The van der Waals surface area contributed by atoms with Crippen molar-refractivity contribution in [3.8, 4) is 0 Å². The highest BCUT2D eigenvalue weighted by atomic mass is 32.2. The maximum absolute atomic E-state index is 13.0. The highest BCUT2D eigenvalue weighted by molar-refractivity contribution is 8.00. The summed E-state index contributed by atoms with van der Waals surface area (Å²) in [4.78, 5) is 52.7. The fraction of sp³-hybridized carbons (Fsp3) is 0.421. The van der Waals surface area contributed by atoms with Gasteiger partial charge in [-0.3, -0.25) is 19.5 Å². The molecule has 2 amide bonds. The van der Waals surface area contributed by atoms with Gasteiger partial charge in [0.15, 0.2) is 5.16 Å². The van der Waals surface area contributed by atoms with Crippen molar-refractivity contribution in [1.82, 2.24) is 14.9 Å². The molecule has 2 rings (SSSR count). The number of esters is 1. The molecule has 0 fully saturated rings. The number of thioether (sulfide) groups is 1. The lowest BCUT2D eigenvalue weighted by atomic mass is 10.1. The highest BCUT2D eigenvalue weighted by Gasteiger charge is 2.21. The van der Waals surface area contributed by atoms with Gasteiger partial charge in [0.05, 0.1) is 35.9 Å². The van der Waals surface area contributed by atoms with Crippen molar-refractivity contribution >= 4 is 40.6 Å². The molecule has 1 atom stereocenters. The van der Waals surface area contributed by atoms with Crippen LogP contribution in [0.4, 0.5) is 4.79 Å². The van der Waals surface area contributed by atoms with Gasteiger partial charge in [0, 0.05) is 6.54 Å². The van der Waals surface area contributed by atoms with E-state index in [1.807, 2.05) is 6.92 Å². The molecule has 10 heteroatoms. The summed E-state index contributed by atoms with van der Waals surface area (Å²) in [6.45, 7) is 4.03. The third-order valence-electron chi connectivity index (χ3n) is 4.14. The van der Waals surface area contributed by atoms with Crippen LogP contribution in [0, 0.1) is 0 Å². The zero-order valence-electron chi connectivity index (χ0n) is 16.7. The fourth-order valence-electron chi connectivity index (χ4n) is 2.51. The van der Waals surface area contributed by atoms with Gasteiger partial charge in [-0.15, -0.1) is 0 Å². The lowest BCUT2D eigenvalue weighted by Crippen LogP contribution is -2.36. The van der Waals surface area contributed by atoms with E-state index in [9.17, 15) is 19.2 Å². The van der Waals surface area contributed by atoms with Crippen LogP contribution < -0.4 is 10.9 Å². The number of fused-ring (bicyclic) bond motifs is 1. The van der Waals surface area contributed by atoms with Gasteiger partial charge in [-0.25, -0.2) is 14.6 Å². The van der Waals surface area contributed by atoms with E-state index in [4.69, 9.17) is 4.74 Å². The number of aromatic nitrogens is 2. The van der Waals surface area contributed by atoms with E-state index in [2.05, 4.69) is 15.0 Å². The first-order valence-electron chi connectivity index (χ1n) is 9.00. The molecule has 0 aliphatic rings. The second-order valence-electron chi connectivity index (χ2n) is 6.17. The number of alkyl carbamates (subject to hydrolysis) is 1. The quantitative estimate of drug-likeness (QED) is 0.411. The smallest absolute Gasteiger partial charge is 0.413 e. The summed E-state index contributed by atoms with van der Waals surface area (Å²) in [6, 6.07) is 4.54. The Morgan fingerprint density at radius 2 is 1.97 bits per heavy atom. The molecule has 0 aliphatic carbocycles. The fourth-order valence-corrected chi connectivity index (χ4v) is 3.45. The molecule has 156 valence electrons. The second-order valence-corrected chi connectivity index (χ2v) is 7.48. The Kier molecular flexibility index (Phi) is 7.77. The molecular weight excluding hydrogens is 398 g/mol. The Morgan fingerprint density at radius 1 is 1.24 bits per heavy atom. The van der Waals surface area contributed by atoms with Crippen LogP contribution in [0.2, 0.25) is 0 Å². The Balaban J connectivity index is 2.48. The van der Waals surface area contributed by atoms with Gasteiger partial charge in [0.25, 0.3) is 5.56 Å². The van der Waals surface area contributed by atoms with Gasteiger partial charge in [0.1, 0.15) is 0 Å². The Bertz CT molecular complexity index is 988. The number of methoxy groups -OCH3 is 2. The van der Waals surface area contributed by atoms with Gasteiger partial charge in [-0.1, -0.05) is 25.1 Å². The molecular formula is C19H23N3O6S. The van der Waals surface area contributed by atoms with E-state index in [1.165, 1.54) is 23.8 Å². The van der Waals surface area contributed by atoms with E-state index in [0.29, 0.717) is 22.6 Å². The van der Waals surface area contributed by atoms with Crippen LogP contribution in [0.25, 0.3) is 10.9 Å². The van der Waals surface area contributed by atoms with E-state index in [1.54, 1.807) is 13.0 Å². The lowest BCUT2D eigenvalue weighted by Gasteiger charge is -2.16. The number of ether oxygens (including phenoxy) is 2. The van der Waals surface area contributed by atoms with Crippen molar-refractivity contribution in [1.29, 1.82) is 0 Å². The molecule has 0 radical (unpaired) electrons. The number of hydrogen-bond acceptors (Lipinski definition) is 8. The number of unbranched alkanes of at least 4 members (excludes halogenated alkanes) is 1. The zero-order valence-corrected chi connectivity index (χ0v) is 17.5. The van der Waals surface area contributed by atoms with Gasteiger partial charge < -0.3 is 9.47 Å². The minimum atomic E-state index is -0.861. The van der Waals surface area contributed by atoms with E-state index in [-0.39, 0.29) is 11.1 Å². The van der Waals surface area contributed by atoms with Crippen molar-refractivity contribution in [3.63, 3.8) is 0 Å². The summed E-state index contributed by atoms with van der Waals surface area (Å²) in [6.07, 6.45) is 0.762. The Morgan fingerprint density at radius 3 is 2.59 bits per heavy atom. The van der Waals surface area contributed by atoms with Crippen LogP contribution >= 0.6 is 11.8 Å². The molecule has 0 saturated carbocycles. The molecule has 1 N–H and O–H groups in total. The van der Waals surface area contributed by atoms with Crippen LogP contribution in [0.5, 0.6) is 0 Å². The zero-order chi connectivity index (χ0) is 21.6. The first kappa shape index (κ1) is 22.4. The number of benzene rings is 1. The average molecular weight is 421 g/mol. The summed E-state index contributed by atoms with van der Waals surface area (Å²) >= 11 is 1.05. The van der Waals surface area contributed by atoms with E-state index in [0.717, 1.165) is 31.7 Å². The molecule has 1 heterocycles. The molecule has 0 saturated heterocycles. The van der Waals surface area contributed by atoms with Crippen molar-refractivity contribution in [2.45, 2.75) is 43.6 Å². The van der Waals surface area contributed by atoms with E-state index >= 15 is 0 Å².